The van der Waals surface area contributed by atoms with Gasteiger partial charge in [-0.25, -0.2) is 4.68 Å². The van der Waals surface area contributed by atoms with Crippen LogP contribution in [0.3, 0.4) is 0 Å². The van der Waals surface area contributed by atoms with E-state index in [1.807, 2.05) is 0 Å². The van der Waals surface area contributed by atoms with Crippen molar-refractivity contribution in [1.82, 2.24) is 15.1 Å². The molecule has 1 aromatic rings. The Kier molecular flexibility index (Phi) is 4.24. The fourth-order valence-corrected chi connectivity index (χ4v) is 1.12. The maximum absolute atomic E-state index is 11.3. The summed E-state index contributed by atoms with van der Waals surface area (Å²) in [7, 11) is 0. The molecule has 82 valence electrons. The quantitative estimate of drug-likeness (QED) is 0.726. The lowest BCUT2D eigenvalue weighted by atomic mass is 10.3. The minimum absolute atomic E-state index is 0.0943. The molecule has 0 radical (unpaired) electrons. The Labute approximate surface area is 89.6 Å². The van der Waals surface area contributed by atoms with Crippen molar-refractivity contribution in [2.24, 2.45) is 0 Å². The number of nitrogens with one attached hydrogen (secondary N) is 1. The van der Waals surface area contributed by atoms with Gasteiger partial charge in [0.05, 0.1) is 6.54 Å². The van der Waals surface area contributed by atoms with Crippen molar-refractivity contribution in [3.8, 4) is 0 Å². The maximum atomic E-state index is 11.3. The van der Waals surface area contributed by atoms with E-state index in [-0.39, 0.29) is 5.56 Å². The predicted octanol–water partition coefficient (Wildman–Crippen LogP) is 0.797. The van der Waals surface area contributed by atoms with Crippen LogP contribution in [0.4, 0.5) is 0 Å². The van der Waals surface area contributed by atoms with Crippen molar-refractivity contribution in [2.75, 3.05) is 6.54 Å². The molecular formula is C11H17N3O. The lowest BCUT2D eigenvalue weighted by Crippen LogP contribution is -2.28. The second-order valence-corrected chi connectivity index (χ2v) is 3.81. The summed E-state index contributed by atoms with van der Waals surface area (Å²) in [4.78, 5) is 11.3. The van der Waals surface area contributed by atoms with Gasteiger partial charge < -0.3 is 5.32 Å². The SMILES string of the molecule is C=C(CNC(C)C)Cn1ncccc1=O. The molecule has 0 saturated heterocycles. The van der Waals surface area contributed by atoms with Crippen molar-refractivity contribution in [3.05, 3.63) is 40.8 Å². The molecule has 0 saturated carbocycles. The molecule has 0 atom stereocenters. The fourth-order valence-electron chi connectivity index (χ4n) is 1.12. The Morgan fingerprint density at radius 1 is 1.67 bits per heavy atom. The molecule has 0 aliphatic carbocycles. The highest BCUT2D eigenvalue weighted by molar-refractivity contribution is 4.98. The molecule has 1 aromatic heterocycles. The molecule has 0 bridgehead atoms. The van der Waals surface area contributed by atoms with Crippen LogP contribution in [0.25, 0.3) is 0 Å². The van der Waals surface area contributed by atoms with E-state index in [1.54, 1.807) is 12.3 Å². The van der Waals surface area contributed by atoms with E-state index in [2.05, 4.69) is 30.8 Å². The molecule has 0 spiro atoms. The molecular weight excluding hydrogens is 190 g/mol. The Bertz CT molecular complexity index is 381. The number of hydrogen-bond acceptors (Lipinski definition) is 3. The van der Waals surface area contributed by atoms with Crippen LogP contribution in [0.5, 0.6) is 0 Å². The summed E-state index contributed by atoms with van der Waals surface area (Å²) in [5.74, 6) is 0. The zero-order valence-electron chi connectivity index (χ0n) is 9.23. The van der Waals surface area contributed by atoms with Gasteiger partial charge in [0.1, 0.15) is 0 Å². The highest BCUT2D eigenvalue weighted by Gasteiger charge is 2.00. The largest absolute Gasteiger partial charge is 0.311 e. The van der Waals surface area contributed by atoms with Gasteiger partial charge in [-0.05, 0) is 11.6 Å². The first kappa shape index (κ1) is 11.7. The molecule has 1 heterocycles. The van der Waals surface area contributed by atoms with Gasteiger partial charge in [-0.15, -0.1) is 0 Å². The second kappa shape index (κ2) is 5.46. The van der Waals surface area contributed by atoms with Gasteiger partial charge in [-0.1, -0.05) is 20.4 Å². The summed E-state index contributed by atoms with van der Waals surface area (Å²) in [5.41, 5.74) is 0.854. The van der Waals surface area contributed by atoms with E-state index in [9.17, 15) is 4.79 Å². The first-order valence-corrected chi connectivity index (χ1v) is 5.02. The molecule has 1 N–H and O–H groups in total. The van der Waals surface area contributed by atoms with Gasteiger partial charge in [-0.2, -0.15) is 5.10 Å². The van der Waals surface area contributed by atoms with Crippen molar-refractivity contribution >= 4 is 0 Å². The minimum Gasteiger partial charge on any atom is -0.311 e. The molecule has 0 aromatic carbocycles. The van der Waals surface area contributed by atoms with Crippen LogP contribution in [0.1, 0.15) is 13.8 Å². The fraction of sp³-hybridized carbons (Fsp3) is 0.455. The van der Waals surface area contributed by atoms with E-state index in [0.29, 0.717) is 19.1 Å². The van der Waals surface area contributed by atoms with E-state index < -0.39 is 0 Å². The van der Waals surface area contributed by atoms with Crippen LogP contribution in [0, 0.1) is 0 Å². The van der Waals surface area contributed by atoms with E-state index in [1.165, 1.54) is 10.7 Å². The van der Waals surface area contributed by atoms with Crippen molar-refractivity contribution in [2.45, 2.75) is 26.4 Å². The van der Waals surface area contributed by atoms with Crippen LogP contribution in [0.15, 0.2) is 35.3 Å². The third-order valence-electron chi connectivity index (χ3n) is 1.92. The predicted molar refractivity (Wildman–Crippen MR) is 60.8 cm³/mol. The number of nitrogens with zero attached hydrogens (tertiary/aromatic N) is 2. The molecule has 0 fully saturated rings. The van der Waals surface area contributed by atoms with Crippen LogP contribution in [-0.2, 0) is 6.54 Å². The summed E-state index contributed by atoms with van der Waals surface area (Å²) in [6.07, 6.45) is 1.60. The van der Waals surface area contributed by atoms with Crippen LogP contribution in [-0.4, -0.2) is 22.4 Å². The minimum atomic E-state index is -0.0943. The molecule has 0 aliphatic rings. The Hall–Kier alpha value is -1.42. The number of aromatic nitrogens is 2. The lowest BCUT2D eigenvalue weighted by molar-refractivity contribution is 0.574. The highest BCUT2D eigenvalue weighted by Crippen LogP contribution is 1.92. The van der Waals surface area contributed by atoms with Crippen molar-refractivity contribution in [3.63, 3.8) is 0 Å². The monoisotopic (exact) mass is 207 g/mol. The number of hydrogen-bond donors (Lipinski definition) is 1. The summed E-state index contributed by atoms with van der Waals surface area (Å²) in [6.45, 7) is 9.22. The third kappa shape index (κ3) is 4.08. The zero-order chi connectivity index (χ0) is 11.3. The van der Waals surface area contributed by atoms with Gasteiger partial charge in [0.15, 0.2) is 0 Å². The smallest absolute Gasteiger partial charge is 0.267 e. The second-order valence-electron chi connectivity index (χ2n) is 3.81. The molecule has 0 amide bonds. The average Bonchev–Trinajstić information content (AvgIpc) is 2.18. The van der Waals surface area contributed by atoms with Gasteiger partial charge in [0.2, 0.25) is 0 Å². The van der Waals surface area contributed by atoms with Gasteiger partial charge in [-0.3, -0.25) is 4.79 Å². The summed E-state index contributed by atoms with van der Waals surface area (Å²) in [6, 6.07) is 3.55. The molecule has 1 rings (SSSR count). The summed E-state index contributed by atoms with van der Waals surface area (Å²) in [5, 5.41) is 7.20. The Morgan fingerprint density at radius 2 is 2.40 bits per heavy atom. The molecule has 4 nitrogen and oxygen atoms in total. The maximum Gasteiger partial charge on any atom is 0.267 e. The third-order valence-corrected chi connectivity index (χ3v) is 1.92. The highest BCUT2D eigenvalue weighted by atomic mass is 16.1. The van der Waals surface area contributed by atoms with Crippen LogP contribution in [0.2, 0.25) is 0 Å². The number of rotatable bonds is 5. The van der Waals surface area contributed by atoms with E-state index in [4.69, 9.17) is 0 Å². The van der Waals surface area contributed by atoms with E-state index in [0.717, 1.165) is 5.57 Å². The van der Waals surface area contributed by atoms with Gasteiger partial charge in [0.25, 0.3) is 5.56 Å². The normalized spacial score (nSPS) is 10.6. The Morgan fingerprint density at radius 3 is 3.00 bits per heavy atom. The Balaban J connectivity index is 2.52. The van der Waals surface area contributed by atoms with Crippen molar-refractivity contribution in [1.29, 1.82) is 0 Å². The zero-order valence-corrected chi connectivity index (χ0v) is 9.23. The lowest BCUT2D eigenvalue weighted by Gasteiger charge is -2.10. The topological polar surface area (TPSA) is 46.9 Å². The van der Waals surface area contributed by atoms with Crippen LogP contribution < -0.4 is 10.9 Å². The van der Waals surface area contributed by atoms with E-state index >= 15 is 0 Å². The summed E-state index contributed by atoms with van der Waals surface area (Å²) < 4.78 is 1.41. The van der Waals surface area contributed by atoms with Gasteiger partial charge >= 0.3 is 0 Å². The molecule has 15 heavy (non-hydrogen) atoms. The van der Waals surface area contributed by atoms with Crippen LogP contribution >= 0.6 is 0 Å². The van der Waals surface area contributed by atoms with Crippen molar-refractivity contribution < 1.29 is 0 Å². The summed E-state index contributed by atoms with van der Waals surface area (Å²) >= 11 is 0. The molecule has 0 unspecified atom stereocenters. The first-order valence-electron chi connectivity index (χ1n) is 5.02. The van der Waals surface area contributed by atoms with Gasteiger partial charge in [0, 0.05) is 24.8 Å². The average molecular weight is 207 g/mol. The first-order chi connectivity index (χ1) is 7.09. The molecule has 4 heteroatoms. The standard InChI is InChI=1S/C11H17N3O/c1-9(2)12-7-10(3)8-14-11(15)5-4-6-13-14/h4-6,9,12H,3,7-8H2,1-2H3. The molecule has 0 aliphatic heterocycles.